The van der Waals surface area contributed by atoms with Gasteiger partial charge in [-0.15, -0.1) is 0 Å². The summed E-state index contributed by atoms with van der Waals surface area (Å²) in [5.74, 6) is 0. The van der Waals surface area contributed by atoms with E-state index >= 15 is 0 Å². The quantitative estimate of drug-likeness (QED) is 0.921. The van der Waals surface area contributed by atoms with Gasteiger partial charge in [0.05, 0.1) is 22.5 Å². The molecule has 0 aliphatic carbocycles. The van der Waals surface area contributed by atoms with E-state index in [2.05, 4.69) is 14.8 Å². The highest BCUT2D eigenvalue weighted by Gasteiger charge is 2.34. The molecule has 1 aromatic heterocycles. The fourth-order valence-electron chi connectivity index (χ4n) is 3.16. The average molecular weight is 325 g/mol. The predicted octanol–water partition coefficient (Wildman–Crippen LogP) is 3.21. The Hall–Kier alpha value is -2.18. The molecule has 0 unspecified atom stereocenters. The highest BCUT2D eigenvalue weighted by Crippen LogP contribution is 2.40. The van der Waals surface area contributed by atoms with Crippen LogP contribution in [0.25, 0.3) is 10.9 Å². The topological polar surface area (TPSA) is 39.3 Å². The van der Waals surface area contributed by atoms with Crippen LogP contribution in [0.15, 0.2) is 23.0 Å². The lowest BCUT2D eigenvalue weighted by Crippen LogP contribution is -2.41. The Labute approximate surface area is 131 Å². The molecule has 7 heteroatoms. The first-order valence-corrected chi connectivity index (χ1v) is 7.63. The third-order valence-electron chi connectivity index (χ3n) is 4.33. The number of anilines is 2. The highest BCUT2D eigenvalue weighted by molar-refractivity contribution is 5.93. The molecule has 1 aliphatic heterocycles. The second-order valence-corrected chi connectivity index (χ2v) is 5.59. The van der Waals surface area contributed by atoms with Crippen LogP contribution in [0.3, 0.4) is 0 Å². The molecule has 0 bridgehead atoms. The van der Waals surface area contributed by atoms with E-state index in [4.69, 9.17) is 0 Å². The van der Waals surface area contributed by atoms with Crippen molar-refractivity contribution in [2.24, 2.45) is 0 Å². The summed E-state index contributed by atoms with van der Waals surface area (Å²) >= 11 is 0. The van der Waals surface area contributed by atoms with Gasteiger partial charge in [0.2, 0.25) is 5.56 Å². The van der Waals surface area contributed by atoms with Crippen molar-refractivity contribution < 1.29 is 13.2 Å². The van der Waals surface area contributed by atoms with Crippen LogP contribution in [-0.4, -0.2) is 31.2 Å². The Morgan fingerprint density at radius 3 is 2.13 bits per heavy atom. The second kappa shape index (κ2) is 5.47. The Balaban J connectivity index is 2.33. The van der Waals surface area contributed by atoms with Gasteiger partial charge in [-0.3, -0.25) is 4.79 Å². The molecule has 0 radical (unpaired) electrons. The fraction of sp³-hybridized carbons (Fsp3) is 0.438. The van der Waals surface area contributed by atoms with Crippen LogP contribution in [0.2, 0.25) is 0 Å². The molecule has 1 aromatic carbocycles. The summed E-state index contributed by atoms with van der Waals surface area (Å²) in [6, 6.07) is 3.84. The number of pyridine rings is 1. The predicted molar refractivity (Wildman–Crippen MR) is 85.3 cm³/mol. The molecule has 0 saturated heterocycles. The van der Waals surface area contributed by atoms with Crippen molar-refractivity contribution in [3.05, 3.63) is 34.1 Å². The van der Waals surface area contributed by atoms with E-state index in [0.29, 0.717) is 6.07 Å². The monoisotopic (exact) mass is 325 g/mol. The van der Waals surface area contributed by atoms with Crippen LogP contribution >= 0.6 is 0 Å². The van der Waals surface area contributed by atoms with E-state index in [1.807, 2.05) is 13.8 Å². The molecule has 3 rings (SSSR count). The van der Waals surface area contributed by atoms with E-state index in [1.54, 1.807) is 12.1 Å². The van der Waals surface area contributed by atoms with Crippen LogP contribution < -0.4 is 15.4 Å². The van der Waals surface area contributed by atoms with Crippen molar-refractivity contribution in [1.82, 2.24) is 4.98 Å². The number of nitrogens with zero attached hydrogens (tertiary/aromatic N) is 2. The molecule has 2 aromatic rings. The standard InChI is InChI=1S/C16H18F3N3O/c1-3-21-5-6-22(4-2)14-9-12-10(7-13(14)21)11(16(17,18)19)8-15(23)20-12/h7-9H,3-6H2,1-2H3,(H,20,23). The molecule has 0 atom stereocenters. The number of alkyl halides is 3. The number of nitrogens with one attached hydrogen (secondary N) is 1. The molecular formula is C16H18F3N3O. The number of hydrogen-bond donors (Lipinski definition) is 1. The van der Waals surface area contributed by atoms with Crippen LogP contribution in [-0.2, 0) is 6.18 Å². The number of H-pyrrole nitrogens is 1. The van der Waals surface area contributed by atoms with Crippen molar-refractivity contribution in [1.29, 1.82) is 0 Å². The first-order valence-electron chi connectivity index (χ1n) is 7.63. The van der Waals surface area contributed by atoms with Gasteiger partial charge >= 0.3 is 6.18 Å². The second-order valence-electron chi connectivity index (χ2n) is 5.59. The van der Waals surface area contributed by atoms with Gasteiger partial charge in [0.25, 0.3) is 0 Å². The minimum atomic E-state index is -4.56. The van der Waals surface area contributed by atoms with E-state index in [-0.39, 0.29) is 10.9 Å². The molecule has 4 nitrogen and oxygen atoms in total. The maximum absolute atomic E-state index is 13.3. The van der Waals surface area contributed by atoms with Crippen molar-refractivity contribution >= 4 is 22.3 Å². The first kappa shape index (κ1) is 15.7. The maximum atomic E-state index is 13.3. The lowest BCUT2D eigenvalue weighted by molar-refractivity contribution is -0.136. The molecule has 0 amide bonds. The van der Waals surface area contributed by atoms with Crippen LogP contribution in [0.4, 0.5) is 24.5 Å². The highest BCUT2D eigenvalue weighted by atomic mass is 19.4. The smallest absolute Gasteiger partial charge is 0.368 e. The number of halogens is 3. The minimum Gasteiger partial charge on any atom is -0.368 e. The van der Waals surface area contributed by atoms with Crippen molar-refractivity contribution in [2.45, 2.75) is 20.0 Å². The number of benzene rings is 1. The SMILES string of the molecule is CCN1CCN(CC)c2cc3c(C(F)(F)F)cc(=O)[nH]c3cc21. The number of rotatable bonds is 2. The summed E-state index contributed by atoms with van der Waals surface area (Å²) in [5.41, 5.74) is 0.244. The number of aromatic nitrogens is 1. The van der Waals surface area contributed by atoms with Gasteiger partial charge in [-0.1, -0.05) is 0 Å². The summed E-state index contributed by atoms with van der Waals surface area (Å²) in [6.07, 6.45) is -4.56. The molecule has 124 valence electrons. The largest absolute Gasteiger partial charge is 0.417 e. The lowest BCUT2D eigenvalue weighted by Gasteiger charge is -2.38. The summed E-state index contributed by atoms with van der Waals surface area (Å²) in [5, 5.41) is 0.0345. The van der Waals surface area contributed by atoms with Crippen molar-refractivity contribution in [3.8, 4) is 0 Å². The van der Waals surface area contributed by atoms with E-state index in [1.165, 1.54) is 0 Å². The van der Waals surface area contributed by atoms with E-state index in [0.717, 1.165) is 37.6 Å². The number of fused-ring (bicyclic) bond motifs is 2. The van der Waals surface area contributed by atoms with Gasteiger partial charge in [0.1, 0.15) is 0 Å². The molecule has 2 heterocycles. The fourth-order valence-corrected chi connectivity index (χ4v) is 3.16. The van der Waals surface area contributed by atoms with Crippen molar-refractivity contribution in [2.75, 3.05) is 36.0 Å². The van der Waals surface area contributed by atoms with Crippen LogP contribution in [0.5, 0.6) is 0 Å². The normalized spacial score (nSPS) is 15.2. The molecule has 1 N–H and O–H groups in total. The zero-order valence-corrected chi connectivity index (χ0v) is 13.0. The van der Waals surface area contributed by atoms with Gasteiger partial charge < -0.3 is 14.8 Å². The van der Waals surface area contributed by atoms with Gasteiger partial charge in [-0.2, -0.15) is 13.2 Å². The summed E-state index contributed by atoms with van der Waals surface area (Å²) in [7, 11) is 0. The zero-order valence-electron chi connectivity index (χ0n) is 13.0. The Morgan fingerprint density at radius 2 is 1.61 bits per heavy atom. The molecule has 1 aliphatic rings. The van der Waals surface area contributed by atoms with Gasteiger partial charge in [0.15, 0.2) is 0 Å². The number of hydrogen-bond acceptors (Lipinski definition) is 3. The Morgan fingerprint density at radius 1 is 1.04 bits per heavy atom. The Kier molecular flexibility index (Phi) is 3.74. The van der Waals surface area contributed by atoms with Gasteiger partial charge in [-0.05, 0) is 26.0 Å². The zero-order chi connectivity index (χ0) is 16.8. The van der Waals surface area contributed by atoms with Gasteiger partial charge in [-0.25, -0.2) is 0 Å². The van der Waals surface area contributed by atoms with Gasteiger partial charge in [0, 0.05) is 37.6 Å². The van der Waals surface area contributed by atoms with Crippen LogP contribution in [0.1, 0.15) is 19.4 Å². The molecule has 0 spiro atoms. The Bertz CT molecular complexity index is 797. The van der Waals surface area contributed by atoms with E-state index in [9.17, 15) is 18.0 Å². The lowest BCUT2D eigenvalue weighted by atomic mass is 10.0. The van der Waals surface area contributed by atoms with Crippen molar-refractivity contribution in [3.63, 3.8) is 0 Å². The summed E-state index contributed by atoms with van der Waals surface area (Å²) in [4.78, 5) is 18.3. The summed E-state index contributed by atoms with van der Waals surface area (Å²) < 4.78 is 39.8. The average Bonchev–Trinajstić information content (AvgIpc) is 2.50. The van der Waals surface area contributed by atoms with E-state index < -0.39 is 17.3 Å². The molecular weight excluding hydrogens is 307 g/mol. The summed E-state index contributed by atoms with van der Waals surface area (Å²) in [6.45, 7) is 7.05. The number of aromatic amines is 1. The maximum Gasteiger partial charge on any atom is 0.417 e. The van der Waals surface area contributed by atoms with Crippen LogP contribution in [0, 0.1) is 0 Å². The third-order valence-corrected chi connectivity index (χ3v) is 4.33. The number of likely N-dealkylation sites (N-methyl/N-ethyl adjacent to an activating group) is 2. The first-order chi connectivity index (χ1) is 10.8. The molecule has 0 saturated carbocycles. The third kappa shape index (κ3) is 2.64. The minimum absolute atomic E-state index is 0.0345. The molecule has 0 fully saturated rings. The molecule has 23 heavy (non-hydrogen) atoms.